The number of ketones is 1. The molecule has 0 unspecified atom stereocenters. The number of hydrogen-bond acceptors (Lipinski definition) is 3. The summed E-state index contributed by atoms with van der Waals surface area (Å²) in [4.78, 5) is 11.2. The van der Waals surface area contributed by atoms with Crippen LogP contribution in [0.5, 0.6) is 0 Å². The van der Waals surface area contributed by atoms with Crippen LogP contribution in [0.3, 0.4) is 0 Å². The lowest BCUT2D eigenvalue weighted by molar-refractivity contribution is 0.0991. The van der Waals surface area contributed by atoms with Gasteiger partial charge in [0.2, 0.25) is 5.78 Å². The standard InChI is InChI=1S/C7H7BrO2S/c1-11-4-6(9)7-5(8)2-3-10-7/h2-3H,4H2,1H3. The molecule has 0 saturated heterocycles. The molecule has 0 aliphatic heterocycles. The maximum Gasteiger partial charge on any atom is 0.208 e. The molecule has 1 heterocycles. The summed E-state index contributed by atoms with van der Waals surface area (Å²) in [6, 6.07) is 1.72. The fourth-order valence-electron chi connectivity index (χ4n) is 0.689. The van der Waals surface area contributed by atoms with E-state index in [1.807, 2.05) is 6.26 Å². The largest absolute Gasteiger partial charge is 0.460 e. The summed E-state index contributed by atoms with van der Waals surface area (Å²) in [5, 5.41) is 0. The second-order valence-corrected chi connectivity index (χ2v) is 3.67. The molecule has 0 bridgehead atoms. The van der Waals surface area contributed by atoms with Crippen molar-refractivity contribution in [2.24, 2.45) is 0 Å². The van der Waals surface area contributed by atoms with Gasteiger partial charge in [0.1, 0.15) is 0 Å². The summed E-state index contributed by atoms with van der Waals surface area (Å²) in [5.74, 6) is 0.903. The molecular weight excluding hydrogens is 228 g/mol. The number of hydrogen-bond donors (Lipinski definition) is 0. The summed E-state index contributed by atoms with van der Waals surface area (Å²) < 4.78 is 5.70. The summed E-state index contributed by atoms with van der Waals surface area (Å²) >= 11 is 4.70. The summed E-state index contributed by atoms with van der Waals surface area (Å²) in [6.07, 6.45) is 3.38. The van der Waals surface area contributed by atoms with Crippen molar-refractivity contribution in [1.82, 2.24) is 0 Å². The van der Waals surface area contributed by atoms with E-state index in [1.54, 1.807) is 6.07 Å². The molecule has 2 nitrogen and oxygen atoms in total. The lowest BCUT2D eigenvalue weighted by Gasteiger charge is -1.92. The van der Waals surface area contributed by atoms with Crippen LogP contribution in [0.4, 0.5) is 0 Å². The van der Waals surface area contributed by atoms with Crippen molar-refractivity contribution in [3.05, 3.63) is 22.6 Å². The first-order chi connectivity index (χ1) is 5.25. The van der Waals surface area contributed by atoms with Crippen molar-refractivity contribution in [1.29, 1.82) is 0 Å². The fourth-order valence-corrected chi connectivity index (χ4v) is 1.51. The quantitative estimate of drug-likeness (QED) is 0.754. The monoisotopic (exact) mass is 234 g/mol. The Morgan fingerprint density at radius 3 is 3.00 bits per heavy atom. The zero-order chi connectivity index (χ0) is 8.27. The summed E-state index contributed by atoms with van der Waals surface area (Å²) in [7, 11) is 0. The van der Waals surface area contributed by atoms with Crippen molar-refractivity contribution < 1.29 is 9.21 Å². The number of carbonyl (C=O) groups excluding carboxylic acids is 1. The normalized spacial score (nSPS) is 10.0. The zero-order valence-corrected chi connectivity index (χ0v) is 8.37. The van der Waals surface area contributed by atoms with E-state index in [1.165, 1.54) is 18.0 Å². The molecule has 0 aromatic carbocycles. The van der Waals surface area contributed by atoms with E-state index in [2.05, 4.69) is 15.9 Å². The van der Waals surface area contributed by atoms with Gasteiger partial charge in [0.05, 0.1) is 16.5 Å². The number of Topliss-reactive ketones (excluding diaryl/α,β-unsaturated/α-hetero) is 1. The Morgan fingerprint density at radius 1 is 1.82 bits per heavy atom. The van der Waals surface area contributed by atoms with Gasteiger partial charge in [0.25, 0.3) is 0 Å². The SMILES string of the molecule is CSCC(=O)c1occc1Br. The Hall–Kier alpha value is -0.220. The molecular formula is C7H7BrO2S. The molecule has 1 aromatic heterocycles. The first-order valence-electron chi connectivity index (χ1n) is 3.01. The van der Waals surface area contributed by atoms with E-state index in [9.17, 15) is 4.79 Å². The van der Waals surface area contributed by atoms with Gasteiger partial charge in [-0.05, 0) is 28.3 Å². The average Bonchev–Trinajstić information content (AvgIpc) is 2.36. The van der Waals surface area contributed by atoms with E-state index < -0.39 is 0 Å². The Balaban J connectivity index is 2.76. The van der Waals surface area contributed by atoms with Crippen LogP contribution >= 0.6 is 27.7 Å². The maximum absolute atomic E-state index is 11.2. The fraction of sp³-hybridized carbons (Fsp3) is 0.286. The van der Waals surface area contributed by atoms with Crippen molar-refractivity contribution in [2.75, 3.05) is 12.0 Å². The predicted molar refractivity (Wildman–Crippen MR) is 49.1 cm³/mol. The minimum atomic E-state index is 0.0226. The third kappa shape index (κ3) is 2.10. The third-order valence-electron chi connectivity index (χ3n) is 1.15. The second-order valence-electron chi connectivity index (χ2n) is 1.95. The number of rotatable bonds is 3. The van der Waals surface area contributed by atoms with E-state index in [0.29, 0.717) is 11.5 Å². The molecule has 0 amide bonds. The number of thioether (sulfide) groups is 1. The number of halogens is 1. The minimum Gasteiger partial charge on any atom is -0.460 e. The van der Waals surface area contributed by atoms with Crippen molar-refractivity contribution in [3.63, 3.8) is 0 Å². The van der Waals surface area contributed by atoms with Crippen molar-refractivity contribution in [2.45, 2.75) is 0 Å². The number of furan rings is 1. The third-order valence-corrected chi connectivity index (χ3v) is 2.32. The van der Waals surface area contributed by atoms with Crippen LogP contribution in [0.25, 0.3) is 0 Å². The lowest BCUT2D eigenvalue weighted by atomic mass is 10.3. The zero-order valence-electron chi connectivity index (χ0n) is 5.96. The van der Waals surface area contributed by atoms with Crippen LogP contribution in [0.1, 0.15) is 10.6 Å². The Kier molecular flexibility index (Phi) is 3.20. The molecule has 0 aliphatic carbocycles. The highest BCUT2D eigenvalue weighted by Gasteiger charge is 2.11. The smallest absolute Gasteiger partial charge is 0.208 e. The molecule has 0 fully saturated rings. The highest BCUT2D eigenvalue weighted by atomic mass is 79.9. The molecule has 60 valence electrons. The Morgan fingerprint density at radius 2 is 2.55 bits per heavy atom. The van der Waals surface area contributed by atoms with Crippen LogP contribution in [-0.4, -0.2) is 17.8 Å². The second kappa shape index (κ2) is 3.97. The van der Waals surface area contributed by atoms with Gasteiger partial charge < -0.3 is 4.42 Å². The molecule has 0 radical (unpaired) electrons. The highest BCUT2D eigenvalue weighted by molar-refractivity contribution is 9.10. The lowest BCUT2D eigenvalue weighted by Crippen LogP contribution is -2.00. The van der Waals surface area contributed by atoms with Crippen LogP contribution in [0.15, 0.2) is 21.2 Å². The van der Waals surface area contributed by atoms with Gasteiger partial charge in [0.15, 0.2) is 5.76 Å². The van der Waals surface area contributed by atoms with Gasteiger partial charge in [-0.25, -0.2) is 0 Å². The molecule has 4 heteroatoms. The van der Waals surface area contributed by atoms with Gasteiger partial charge in [-0.15, -0.1) is 0 Å². The van der Waals surface area contributed by atoms with Crippen LogP contribution in [0.2, 0.25) is 0 Å². The van der Waals surface area contributed by atoms with Crippen LogP contribution < -0.4 is 0 Å². The summed E-state index contributed by atoms with van der Waals surface area (Å²) in [6.45, 7) is 0. The average molecular weight is 235 g/mol. The molecule has 0 N–H and O–H groups in total. The topological polar surface area (TPSA) is 30.2 Å². The molecule has 1 aromatic rings. The van der Waals surface area contributed by atoms with Crippen molar-refractivity contribution in [3.8, 4) is 0 Å². The molecule has 0 spiro atoms. The van der Waals surface area contributed by atoms with E-state index in [4.69, 9.17) is 4.42 Å². The first-order valence-corrected chi connectivity index (χ1v) is 5.19. The molecule has 11 heavy (non-hydrogen) atoms. The maximum atomic E-state index is 11.2. The first kappa shape index (κ1) is 8.87. The number of carbonyl (C=O) groups is 1. The molecule has 0 aliphatic rings. The predicted octanol–water partition coefficient (Wildman–Crippen LogP) is 2.59. The molecule has 0 saturated carbocycles. The Labute approximate surface area is 77.5 Å². The van der Waals surface area contributed by atoms with Gasteiger partial charge in [-0.3, -0.25) is 4.79 Å². The van der Waals surface area contributed by atoms with E-state index in [0.717, 1.165) is 4.47 Å². The highest BCUT2D eigenvalue weighted by Crippen LogP contribution is 2.18. The van der Waals surface area contributed by atoms with Gasteiger partial charge in [0, 0.05) is 0 Å². The molecule has 1 rings (SSSR count). The van der Waals surface area contributed by atoms with Crippen molar-refractivity contribution >= 4 is 33.5 Å². The summed E-state index contributed by atoms with van der Waals surface area (Å²) in [5.41, 5.74) is 0. The van der Waals surface area contributed by atoms with Crippen LogP contribution in [0, 0.1) is 0 Å². The van der Waals surface area contributed by atoms with E-state index in [-0.39, 0.29) is 5.78 Å². The van der Waals surface area contributed by atoms with E-state index >= 15 is 0 Å². The molecule has 0 atom stereocenters. The van der Waals surface area contributed by atoms with Gasteiger partial charge >= 0.3 is 0 Å². The minimum absolute atomic E-state index is 0.0226. The van der Waals surface area contributed by atoms with Crippen LogP contribution in [-0.2, 0) is 0 Å². The Bertz CT molecular complexity index is 257. The van der Waals surface area contributed by atoms with Gasteiger partial charge in [-0.1, -0.05) is 0 Å². The van der Waals surface area contributed by atoms with Gasteiger partial charge in [-0.2, -0.15) is 11.8 Å².